The lowest BCUT2D eigenvalue weighted by Gasteiger charge is -2.09. The zero-order valence-electron chi connectivity index (χ0n) is 13.8. The molecule has 0 aliphatic heterocycles. The van der Waals surface area contributed by atoms with E-state index in [4.69, 9.17) is 28.2 Å². The molecule has 0 unspecified atom stereocenters. The first-order valence-electron chi connectivity index (χ1n) is 8.09. The SMILES string of the molecule is C=c1c2c(Cl)c(C)c(Cl)c(C)c2c2nc3cccc4cccc(c43)n12. The molecule has 0 spiro atoms. The Morgan fingerprint density at radius 2 is 1.60 bits per heavy atom. The molecule has 0 saturated heterocycles. The molecular formula is C21H14Cl2N2. The predicted octanol–water partition coefficient (Wildman–Crippen LogP) is 5.85. The average molecular weight is 365 g/mol. The van der Waals surface area contributed by atoms with E-state index in [1.807, 2.05) is 26.0 Å². The van der Waals surface area contributed by atoms with Crippen LogP contribution in [0.1, 0.15) is 11.1 Å². The molecule has 122 valence electrons. The second-order valence-corrected chi connectivity index (χ2v) is 7.25. The third-order valence-corrected chi connectivity index (χ3v) is 6.19. The van der Waals surface area contributed by atoms with E-state index in [-0.39, 0.29) is 0 Å². The summed E-state index contributed by atoms with van der Waals surface area (Å²) in [5, 5.41) is 6.42. The van der Waals surface area contributed by atoms with Crippen LogP contribution in [0.5, 0.6) is 0 Å². The summed E-state index contributed by atoms with van der Waals surface area (Å²) in [5.74, 6) is 0. The summed E-state index contributed by atoms with van der Waals surface area (Å²) >= 11 is 13.2. The van der Waals surface area contributed by atoms with Gasteiger partial charge in [0.25, 0.3) is 0 Å². The van der Waals surface area contributed by atoms with Crippen molar-refractivity contribution in [2.45, 2.75) is 13.8 Å². The number of hydrogen-bond acceptors (Lipinski definition) is 1. The van der Waals surface area contributed by atoms with Crippen molar-refractivity contribution < 1.29 is 0 Å². The number of benzene rings is 3. The first-order valence-corrected chi connectivity index (χ1v) is 8.84. The van der Waals surface area contributed by atoms with Gasteiger partial charge in [0, 0.05) is 26.5 Å². The van der Waals surface area contributed by atoms with E-state index in [1.54, 1.807) is 0 Å². The van der Waals surface area contributed by atoms with E-state index in [9.17, 15) is 0 Å². The summed E-state index contributed by atoms with van der Waals surface area (Å²) in [5.41, 5.74) is 4.78. The Morgan fingerprint density at radius 3 is 2.36 bits per heavy atom. The van der Waals surface area contributed by atoms with Gasteiger partial charge in [-0.25, -0.2) is 4.98 Å². The fourth-order valence-electron chi connectivity index (χ4n) is 3.93. The molecule has 25 heavy (non-hydrogen) atoms. The van der Waals surface area contributed by atoms with Gasteiger partial charge in [0.15, 0.2) is 0 Å². The number of aromatic nitrogens is 2. The van der Waals surface area contributed by atoms with Gasteiger partial charge in [-0.05, 0) is 42.5 Å². The lowest BCUT2D eigenvalue weighted by molar-refractivity contribution is 1.18. The highest BCUT2D eigenvalue weighted by atomic mass is 35.5. The predicted molar refractivity (Wildman–Crippen MR) is 108 cm³/mol. The normalized spacial score (nSPS) is 12.2. The topological polar surface area (TPSA) is 17.3 Å². The van der Waals surface area contributed by atoms with Gasteiger partial charge in [-0.2, -0.15) is 0 Å². The second-order valence-electron chi connectivity index (χ2n) is 6.50. The Bertz CT molecular complexity index is 1390. The number of halogens is 2. The Balaban J connectivity index is 2.24. The molecule has 2 aromatic heterocycles. The van der Waals surface area contributed by atoms with Gasteiger partial charge in [-0.1, -0.05) is 54.0 Å². The molecule has 0 aliphatic rings. The van der Waals surface area contributed by atoms with Crippen molar-refractivity contribution in [3.8, 4) is 0 Å². The van der Waals surface area contributed by atoms with Gasteiger partial charge in [0.05, 0.1) is 16.1 Å². The minimum Gasteiger partial charge on any atom is -0.294 e. The summed E-state index contributed by atoms with van der Waals surface area (Å²) in [6, 6.07) is 12.5. The van der Waals surface area contributed by atoms with Gasteiger partial charge >= 0.3 is 0 Å². The fraction of sp³-hybridized carbons (Fsp3) is 0.0952. The van der Waals surface area contributed by atoms with E-state index in [2.05, 4.69) is 35.2 Å². The van der Waals surface area contributed by atoms with Crippen molar-refractivity contribution in [3.05, 3.63) is 62.9 Å². The van der Waals surface area contributed by atoms with Crippen LogP contribution < -0.4 is 5.35 Å². The van der Waals surface area contributed by atoms with Crippen molar-refractivity contribution in [1.29, 1.82) is 0 Å². The number of nitrogens with zero attached hydrogens (tertiary/aromatic N) is 2. The van der Waals surface area contributed by atoms with E-state index in [0.717, 1.165) is 49.3 Å². The second kappa shape index (κ2) is 4.87. The molecule has 5 aromatic rings. The van der Waals surface area contributed by atoms with Gasteiger partial charge in [0.1, 0.15) is 5.65 Å². The molecule has 3 aromatic carbocycles. The standard InChI is InChI=1S/C21H14Cl2N2/c1-10-16-17(20(23)11(2)19(10)22)12(3)25-15-9-5-7-13-6-4-8-14(18(13)15)24-21(16)25/h4-9H,3H2,1-2H3. The summed E-state index contributed by atoms with van der Waals surface area (Å²) in [6.07, 6.45) is 0. The molecule has 0 aliphatic carbocycles. The van der Waals surface area contributed by atoms with Gasteiger partial charge < -0.3 is 0 Å². The molecule has 0 saturated carbocycles. The molecule has 5 rings (SSSR count). The molecule has 0 radical (unpaired) electrons. The molecule has 0 atom stereocenters. The van der Waals surface area contributed by atoms with Crippen LogP contribution in [-0.2, 0) is 0 Å². The smallest absolute Gasteiger partial charge is 0.146 e. The highest BCUT2D eigenvalue weighted by molar-refractivity contribution is 6.41. The van der Waals surface area contributed by atoms with Crippen molar-refractivity contribution in [1.82, 2.24) is 9.38 Å². The third kappa shape index (κ3) is 1.74. The molecule has 0 N–H and O–H groups in total. The Kier molecular flexibility index (Phi) is 2.92. The first-order chi connectivity index (χ1) is 12.0. The van der Waals surface area contributed by atoms with Crippen molar-refractivity contribution in [2.75, 3.05) is 0 Å². The zero-order chi connectivity index (χ0) is 17.5. The van der Waals surface area contributed by atoms with Gasteiger partial charge in [-0.3, -0.25) is 4.40 Å². The molecule has 0 bridgehead atoms. The Hall–Kier alpha value is -2.29. The quantitative estimate of drug-likeness (QED) is 0.337. The maximum Gasteiger partial charge on any atom is 0.146 e. The molecule has 0 fully saturated rings. The third-order valence-electron chi connectivity index (χ3n) is 5.15. The average Bonchev–Trinajstić information content (AvgIpc) is 2.91. The number of rotatable bonds is 0. The Labute approximate surface area is 154 Å². The van der Waals surface area contributed by atoms with Crippen LogP contribution in [0.2, 0.25) is 10.0 Å². The van der Waals surface area contributed by atoms with Crippen LogP contribution in [0.3, 0.4) is 0 Å². The summed E-state index contributed by atoms with van der Waals surface area (Å²) in [6.45, 7) is 8.29. The maximum absolute atomic E-state index is 6.66. The first kappa shape index (κ1) is 15.0. The van der Waals surface area contributed by atoms with Crippen LogP contribution in [-0.4, -0.2) is 9.38 Å². The van der Waals surface area contributed by atoms with E-state index < -0.39 is 0 Å². The zero-order valence-corrected chi connectivity index (χ0v) is 15.3. The summed E-state index contributed by atoms with van der Waals surface area (Å²) < 4.78 is 2.11. The van der Waals surface area contributed by atoms with Crippen molar-refractivity contribution in [2.24, 2.45) is 0 Å². The number of hydrogen-bond donors (Lipinski definition) is 0. The van der Waals surface area contributed by atoms with Crippen LogP contribution in [0.4, 0.5) is 0 Å². The van der Waals surface area contributed by atoms with Gasteiger partial charge in [-0.15, -0.1) is 0 Å². The fourth-order valence-corrected chi connectivity index (χ4v) is 4.47. The monoisotopic (exact) mass is 364 g/mol. The van der Waals surface area contributed by atoms with Gasteiger partial charge in [0.2, 0.25) is 0 Å². The van der Waals surface area contributed by atoms with Crippen molar-refractivity contribution >= 4 is 68.0 Å². The lowest BCUT2D eigenvalue weighted by atomic mass is 10.0. The molecule has 0 amide bonds. The van der Waals surface area contributed by atoms with E-state index in [1.165, 1.54) is 5.39 Å². The Morgan fingerprint density at radius 1 is 0.880 bits per heavy atom. The molecule has 2 heterocycles. The van der Waals surface area contributed by atoms with Crippen LogP contribution >= 0.6 is 23.2 Å². The van der Waals surface area contributed by atoms with Crippen LogP contribution in [0.15, 0.2) is 36.4 Å². The molecule has 2 nitrogen and oxygen atoms in total. The highest BCUT2D eigenvalue weighted by Crippen LogP contribution is 2.38. The minimum absolute atomic E-state index is 0.656. The summed E-state index contributed by atoms with van der Waals surface area (Å²) in [4.78, 5) is 4.95. The highest BCUT2D eigenvalue weighted by Gasteiger charge is 2.20. The lowest BCUT2D eigenvalue weighted by Crippen LogP contribution is -2.09. The largest absolute Gasteiger partial charge is 0.294 e. The number of aryl methyl sites for hydroxylation is 1. The maximum atomic E-state index is 6.66. The van der Waals surface area contributed by atoms with Crippen LogP contribution in [0, 0.1) is 13.8 Å². The minimum atomic E-state index is 0.656. The van der Waals surface area contributed by atoms with E-state index >= 15 is 0 Å². The number of fused-ring (bicyclic) bond motifs is 4. The summed E-state index contributed by atoms with van der Waals surface area (Å²) in [7, 11) is 0. The van der Waals surface area contributed by atoms with Crippen molar-refractivity contribution in [3.63, 3.8) is 0 Å². The molecule has 4 heteroatoms. The van der Waals surface area contributed by atoms with E-state index in [0.29, 0.717) is 10.0 Å². The van der Waals surface area contributed by atoms with Crippen LogP contribution in [0.25, 0.3) is 44.8 Å². The molecular weight excluding hydrogens is 351 g/mol.